The topological polar surface area (TPSA) is 50.1 Å². The van der Waals surface area contributed by atoms with E-state index in [4.69, 9.17) is 0 Å². The van der Waals surface area contributed by atoms with Gasteiger partial charge in [0, 0.05) is 64.2 Å². The molecule has 6 nitrogen and oxygen atoms in total. The van der Waals surface area contributed by atoms with Crippen molar-refractivity contribution >= 4 is 29.6 Å². The smallest absolute Gasteiger partial charge is 0.0734 e. The van der Waals surface area contributed by atoms with E-state index in [1.165, 1.54) is 5.56 Å². The summed E-state index contributed by atoms with van der Waals surface area (Å²) in [5.41, 5.74) is 3.12. The maximum Gasteiger partial charge on any atom is 0.0734 e. The van der Waals surface area contributed by atoms with Gasteiger partial charge in [0.15, 0.2) is 0 Å². The molecule has 2 N–H and O–H groups in total. The molecule has 1 atom stereocenters. The van der Waals surface area contributed by atoms with Crippen LogP contribution in [0.5, 0.6) is 0 Å². The highest BCUT2D eigenvalue weighted by Crippen LogP contribution is 2.25. The van der Waals surface area contributed by atoms with E-state index >= 15 is 0 Å². The highest BCUT2D eigenvalue weighted by molar-refractivity contribution is 5.94. The molecular weight excluding hydrogens is 432 g/mol. The zero-order chi connectivity index (χ0) is 24.9. The molecular formula is C29H38N6. The standard InChI is InChI=1S/C29H38N6/c1-7-11-28(21(4)30-8-2)35-22(5)26-12-10-13-27(29(26)23(35)6)31-18-24-19-32-34(20-24)25-14-16-33(9-3)17-15-25/h8-10,12-13,19-20,25,28,30-31H,2-7,11,14-18H2,1H3. The Hall–Kier alpha value is -3.67. The number of hydrogen-bond acceptors (Lipinski definition) is 4. The van der Waals surface area contributed by atoms with Gasteiger partial charge in [-0.3, -0.25) is 4.68 Å². The average molecular weight is 471 g/mol. The molecule has 0 spiro atoms. The van der Waals surface area contributed by atoms with Gasteiger partial charge in [-0.2, -0.15) is 5.10 Å². The molecule has 3 aromatic rings. The van der Waals surface area contributed by atoms with Gasteiger partial charge in [-0.25, -0.2) is 0 Å². The first-order valence-corrected chi connectivity index (χ1v) is 12.5. The molecule has 4 rings (SSSR count). The zero-order valence-electron chi connectivity index (χ0n) is 21.0. The van der Waals surface area contributed by atoms with Crippen LogP contribution in [0.3, 0.4) is 0 Å². The number of anilines is 1. The number of allylic oxidation sites excluding steroid dienone is 1. The number of hydrogen-bond donors (Lipinski definition) is 2. The number of benzene rings is 1. The molecule has 1 unspecified atom stereocenters. The lowest BCUT2D eigenvalue weighted by molar-refractivity contribution is 0.234. The molecule has 35 heavy (non-hydrogen) atoms. The Labute approximate surface area is 208 Å². The first-order valence-electron chi connectivity index (χ1n) is 12.5. The fourth-order valence-electron chi connectivity index (χ4n) is 5.20. The summed E-state index contributed by atoms with van der Waals surface area (Å²) in [5.74, 6) is 0. The molecule has 2 aromatic heterocycles. The van der Waals surface area contributed by atoms with E-state index in [9.17, 15) is 0 Å². The van der Waals surface area contributed by atoms with E-state index in [2.05, 4.69) is 94.1 Å². The van der Waals surface area contributed by atoms with Gasteiger partial charge in [0.2, 0.25) is 0 Å². The second-order valence-electron chi connectivity index (χ2n) is 9.30. The quantitative estimate of drug-likeness (QED) is 0.429. The normalized spacial score (nSPS) is 15.2. The van der Waals surface area contributed by atoms with E-state index in [0.717, 1.165) is 71.6 Å². The first kappa shape index (κ1) is 24.5. The van der Waals surface area contributed by atoms with Crippen LogP contribution in [0.1, 0.15) is 50.3 Å². The van der Waals surface area contributed by atoms with E-state index in [1.807, 2.05) is 12.4 Å². The zero-order valence-corrected chi connectivity index (χ0v) is 21.0. The van der Waals surface area contributed by atoms with Crippen molar-refractivity contribution in [2.24, 2.45) is 0 Å². The highest BCUT2D eigenvalue weighted by Gasteiger charge is 2.20. The number of nitrogens with zero attached hydrogens (tertiary/aromatic N) is 4. The minimum atomic E-state index is 0.0592. The summed E-state index contributed by atoms with van der Waals surface area (Å²) < 4.78 is 4.34. The monoisotopic (exact) mass is 470 g/mol. The van der Waals surface area contributed by atoms with Gasteiger partial charge in [-0.1, -0.05) is 58.4 Å². The molecule has 184 valence electrons. The van der Waals surface area contributed by atoms with Gasteiger partial charge in [0.05, 0.1) is 18.3 Å². The van der Waals surface area contributed by atoms with E-state index in [0.29, 0.717) is 12.6 Å². The van der Waals surface area contributed by atoms with Crippen LogP contribution >= 0.6 is 0 Å². The summed E-state index contributed by atoms with van der Waals surface area (Å²) >= 11 is 0. The third kappa shape index (κ3) is 4.92. The van der Waals surface area contributed by atoms with Crippen LogP contribution in [-0.4, -0.2) is 32.3 Å². The fourth-order valence-corrected chi connectivity index (χ4v) is 5.20. The minimum Gasteiger partial charge on any atom is -0.380 e. The third-order valence-corrected chi connectivity index (χ3v) is 7.08. The summed E-state index contributed by atoms with van der Waals surface area (Å²) in [4.78, 5) is 2.27. The Bertz CT molecular complexity index is 1300. The van der Waals surface area contributed by atoms with Crippen molar-refractivity contribution in [2.45, 2.75) is 51.2 Å². The number of likely N-dealkylation sites (tertiary alicyclic amines) is 1. The van der Waals surface area contributed by atoms with Crippen molar-refractivity contribution in [2.75, 3.05) is 18.4 Å². The Kier molecular flexibility index (Phi) is 7.49. The van der Waals surface area contributed by atoms with Gasteiger partial charge in [-0.05, 0) is 37.7 Å². The lowest BCUT2D eigenvalue weighted by atomic mass is 10.1. The van der Waals surface area contributed by atoms with Gasteiger partial charge >= 0.3 is 0 Å². The van der Waals surface area contributed by atoms with Crippen molar-refractivity contribution in [1.29, 1.82) is 0 Å². The van der Waals surface area contributed by atoms with E-state index in [1.54, 1.807) is 6.20 Å². The lowest BCUT2D eigenvalue weighted by Gasteiger charge is -2.30. The minimum absolute atomic E-state index is 0.0592. The van der Waals surface area contributed by atoms with E-state index in [-0.39, 0.29) is 6.04 Å². The Morgan fingerprint density at radius 2 is 1.97 bits per heavy atom. The van der Waals surface area contributed by atoms with Crippen LogP contribution < -0.4 is 21.3 Å². The molecule has 1 aliphatic heterocycles. The fraction of sp³-hybridized carbons (Fsp3) is 0.345. The second-order valence-corrected chi connectivity index (χ2v) is 9.30. The Balaban J connectivity index is 1.57. The van der Waals surface area contributed by atoms with E-state index < -0.39 is 0 Å². The Morgan fingerprint density at radius 1 is 1.20 bits per heavy atom. The average Bonchev–Trinajstić information content (AvgIpc) is 3.45. The van der Waals surface area contributed by atoms with Crippen molar-refractivity contribution in [3.8, 4) is 0 Å². The maximum absolute atomic E-state index is 4.66. The van der Waals surface area contributed by atoms with Gasteiger partial charge < -0.3 is 20.1 Å². The molecule has 1 aliphatic rings. The van der Waals surface area contributed by atoms with Crippen molar-refractivity contribution in [3.05, 3.63) is 84.7 Å². The van der Waals surface area contributed by atoms with Gasteiger partial charge in [0.1, 0.15) is 0 Å². The number of aromatic nitrogens is 3. The molecule has 0 radical (unpaired) electrons. The SMILES string of the molecule is C=CNC(=C)C(CCC)n1c(=C)c2cccc(NCc3cnn(C4CCN(C=C)CC4)c3)c2c1=C. The van der Waals surface area contributed by atoms with Crippen molar-refractivity contribution < 1.29 is 0 Å². The molecule has 0 amide bonds. The molecule has 1 fully saturated rings. The highest BCUT2D eigenvalue weighted by atomic mass is 15.3. The predicted molar refractivity (Wildman–Crippen MR) is 148 cm³/mol. The first-order chi connectivity index (χ1) is 17.0. The summed E-state index contributed by atoms with van der Waals surface area (Å²) in [5, 5.41) is 15.6. The molecule has 1 aromatic carbocycles. The van der Waals surface area contributed by atoms with Crippen LogP contribution in [0.4, 0.5) is 5.69 Å². The van der Waals surface area contributed by atoms with Crippen molar-refractivity contribution in [3.63, 3.8) is 0 Å². The number of fused-ring (bicyclic) bond motifs is 1. The van der Waals surface area contributed by atoms with Crippen LogP contribution in [0.25, 0.3) is 23.9 Å². The molecule has 6 heteroatoms. The third-order valence-electron chi connectivity index (χ3n) is 7.08. The summed E-state index contributed by atoms with van der Waals surface area (Å²) in [6, 6.07) is 6.82. The predicted octanol–water partition coefficient (Wildman–Crippen LogP) is 4.64. The molecule has 1 saturated heterocycles. The summed E-state index contributed by atoms with van der Waals surface area (Å²) in [7, 11) is 0. The maximum atomic E-state index is 4.66. The molecule has 0 saturated carbocycles. The van der Waals surface area contributed by atoms with Crippen LogP contribution in [0.15, 0.2) is 68.4 Å². The molecule has 0 aliphatic carbocycles. The number of piperidine rings is 1. The van der Waals surface area contributed by atoms with Crippen LogP contribution in [0.2, 0.25) is 0 Å². The largest absolute Gasteiger partial charge is 0.380 e. The second kappa shape index (κ2) is 10.7. The number of nitrogens with one attached hydrogen (secondary N) is 2. The Morgan fingerprint density at radius 3 is 2.66 bits per heavy atom. The van der Waals surface area contributed by atoms with Crippen LogP contribution in [-0.2, 0) is 6.54 Å². The molecule has 3 heterocycles. The van der Waals surface area contributed by atoms with Crippen LogP contribution in [0, 0.1) is 0 Å². The summed E-state index contributed by atoms with van der Waals surface area (Å²) in [6.07, 6.45) is 11.9. The van der Waals surface area contributed by atoms with Gasteiger partial charge in [0.25, 0.3) is 0 Å². The lowest BCUT2D eigenvalue weighted by Crippen LogP contribution is -2.33. The summed E-state index contributed by atoms with van der Waals surface area (Å²) in [6.45, 7) is 25.8. The van der Waals surface area contributed by atoms with Gasteiger partial charge in [-0.15, -0.1) is 0 Å². The van der Waals surface area contributed by atoms with Crippen molar-refractivity contribution in [1.82, 2.24) is 24.6 Å². The molecule has 0 bridgehead atoms. The number of rotatable bonds is 11.